The summed E-state index contributed by atoms with van der Waals surface area (Å²) in [6, 6.07) is 34.6. The van der Waals surface area contributed by atoms with E-state index in [4.69, 9.17) is 28.7 Å². The minimum absolute atomic E-state index is 0.00289. The normalized spacial score (nSPS) is 25.5. The van der Waals surface area contributed by atoms with Crippen molar-refractivity contribution in [3.8, 4) is 0 Å². The standard InChI is InChI=1S/C47H51NO14.C27H27N7O2S/c1-25-31(60-43(56)36(52)35(28-16-10-7-11-17-28)48-41(54)29-18-12-8-13-19-29)23-47(57)40(61-42(55)30-20-14-9-15-21-30)38-45(6,32(51)22-33-46(38,24-58-33)62-27(3)50)39(53)37(59-26(2)49)34(25)44(47,4)5;1-17-14-29-18(15-28-17)16-30-26(36)23-24(35)19-8-9-22(33-11-5-10-32(2)12-13-33)31-25(19)34-20-6-3-4-7-21(20)37-27(23)34/h7-21,31-33,35-38,40,51-52,57H,22-24H2,1-6H3,(H,48,54);3-4,6-9,14-15H,5,10-13,16H2,1-2H3,(H,30,36)/t31-,32-,33+,35-,36+,37+,38-,40-,45+,46-,47+;/m0./s1. The van der Waals surface area contributed by atoms with Gasteiger partial charge in [0.2, 0.25) is 5.43 Å². The lowest BCUT2D eigenvalue weighted by Crippen LogP contribution is -2.82. The highest BCUT2D eigenvalue weighted by atomic mass is 32.1. The number of hydrogen-bond acceptors (Lipinski definition) is 22. The van der Waals surface area contributed by atoms with Crippen LogP contribution in [0.5, 0.6) is 0 Å². The number of aromatic nitrogens is 4. The van der Waals surface area contributed by atoms with Gasteiger partial charge in [0.05, 0.1) is 75.4 Å². The molecule has 3 aliphatic carbocycles. The molecule has 0 spiro atoms. The largest absolute Gasteiger partial charge is 0.456 e. The van der Waals surface area contributed by atoms with E-state index in [1.54, 1.807) is 105 Å². The van der Waals surface area contributed by atoms with Crippen molar-refractivity contribution in [2.45, 2.75) is 128 Å². The number of nitrogens with one attached hydrogen (secondary N) is 2. The van der Waals surface area contributed by atoms with Crippen molar-refractivity contribution in [3.63, 3.8) is 0 Å². The van der Waals surface area contributed by atoms with Crippen LogP contribution < -0.4 is 21.0 Å². The van der Waals surface area contributed by atoms with E-state index >= 15 is 4.79 Å². The van der Waals surface area contributed by atoms with Crippen molar-refractivity contribution in [1.82, 2.24) is 34.9 Å². The summed E-state index contributed by atoms with van der Waals surface area (Å²) in [6.45, 7) is 13.8. The van der Waals surface area contributed by atoms with Gasteiger partial charge in [-0.3, -0.25) is 43.1 Å². The Labute approximate surface area is 573 Å². The van der Waals surface area contributed by atoms with Crippen molar-refractivity contribution in [2.24, 2.45) is 16.7 Å². The monoisotopic (exact) mass is 1370 g/mol. The topological polar surface area (TPSA) is 317 Å². The Balaban J connectivity index is 0.000000213. The molecule has 5 N–H and O–H groups in total. The van der Waals surface area contributed by atoms with Crippen molar-refractivity contribution in [3.05, 3.63) is 195 Å². The fourth-order valence-corrected chi connectivity index (χ4v) is 16.2. The summed E-state index contributed by atoms with van der Waals surface area (Å²) in [4.78, 5) is 129. The zero-order chi connectivity index (χ0) is 70.5. The third kappa shape index (κ3) is 12.8. The highest BCUT2D eigenvalue weighted by Crippen LogP contribution is 2.64. The summed E-state index contributed by atoms with van der Waals surface area (Å²) in [5, 5.41) is 43.5. The molecule has 8 aromatic rings. The molecule has 4 fully saturated rings. The van der Waals surface area contributed by atoms with Gasteiger partial charge in [0.15, 0.2) is 29.2 Å². The Hall–Kier alpha value is -9.63. The SMILES string of the molecule is CC(=O)O[C@H]1C(=O)[C@@]2(C)[C@H]([C@H](OC(=O)c3ccccc3)[C@]3(O)C[C@H](OC(=O)[C@H](O)[C@@H](NC(=O)c4ccccc4)c4ccccc4)C(C)=C1C3(C)C)[C@]1(OC(C)=O)CO[C@@H]1C[C@@H]2O.Cc1cnc(CNC(=O)c2c(=O)c3ccc(N4CCCN(C)CC4)nc3n3c2sc2ccccc23)cn1. The number of para-hydroxylation sites is 1. The van der Waals surface area contributed by atoms with Crippen molar-refractivity contribution in [2.75, 3.05) is 44.7 Å². The molecule has 2 saturated carbocycles. The highest BCUT2D eigenvalue weighted by molar-refractivity contribution is 7.24. The fraction of sp³-hybridized carbons (Fsp3) is 0.392. The van der Waals surface area contributed by atoms with Crippen LogP contribution in [0.4, 0.5) is 5.82 Å². The number of aliphatic hydroxyl groups excluding tert-OH is 2. The summed E-state index contributed by atoms with van der Waals surface area (Å²) in [5.41, 5.74) is -4.28. The van der Waals surface area contributed by atoms with Gasteiger partial charge in [-0.05, 0) is 106 Å². The number of likely N-dealkylation sites (N-methyl/N-ethyl adjacent to an activating group) is 1. The molecule has 2 aliphatic heterocycles. The second-order valence-corrected chi connectivity index (χ2v) is 27.8. The van der Waals surface area contributed by atoms with Crippen LogP contribution >= 0.6 is 11.3 Å². The van der Waals surface area contributed by atoms with E-state index in [1.165, 1.54) is 37.3 Å². The van der Waals surface area contributed by atoms with Gasteiger partial charge in [-0.25, -0.2) is 14.6 Å². The number of ketones is 1. The van der Waals surface area contributed by atoms with Gasteiger partial charge in [-0.2, -0.15) is 0 Å². The molecule has 11 atom stereocenters. The average molecular weight is 1370 g/mol. The number of fused-ring (bicyclic) bond motifs is 10. The van der Waals surface area contributed by atoms with Crippen molar-refractivity contribution < 1.29 is 72.6 Å². The molecule has 6 heterocycles. The van der Waals surface area contributed by atoms with Gasteiger partial charge >= 0.3 is 23.9 Å². The first-order chi connectivity index (χ1) is 47.3. The van der Waals surface area contributed by atoms with Crippen LogP contribution in [0, 0.1) is 23.7 Å². The fourth-order valence-electron chi connectivity index (χ4n) is 15.0. The number of pyridine rings is 2. The number of hydrogen-bond donors (Lipinski definition) is 5. The minimum Gasteiger partial charge on any atom is -0.456 e. The van der Waals surface area contributed by atoms with Crippen molar-refractivity contribution >= 4 is 84.7 Å². The summed E-state index contributed by atoms with van der Waals surface area (Å²) >= 11 is 1.43. The second-order valence-electron chi connectivity index (χ2n) is 26.8. The molecule has 516 valence electrons. The predicted molar refractivity (Wildman–Crippen MR) is 364 cm³/mol. The minimum atomic E-state index is -2.39. The second kappa shape index (κ2) is 27.6. The first kappa shape index (κ1) is 69.3. The maximum Gasteiger partial charge on any atom is 0.338 e. The number of carbonyl (C=O) groups is 7. The molecule has 2 amide bonds. The number of esters is 4. The van der Waals surface area contributed by atoms with E-state index in [0.717, 1.165) is 68.2 Å². The molecular formula is C74H78N8O16S. The van der Waals surface area contributed by atoms with E-state index in [2.05, 4.69) is 37.4 Å². The zero-order valence-electron chi connectivity index (χ0n) is 56.0. The molecule has 99 heavy (non-hydrogen) atoms. The molecule has 13 rings (SSSR count). The van der Waals surface area contributed by atoms with Crippen molar-refractivity contribution in [1.29, 1.82) is 0 Å². The van der Waals surface area contributed by atoms with Gasteiger partial charge in [0.25, 0.3) is 11.8 Å². The number of anilines is 1. The number of thiazole rings is 1. The molecule has 2 bridgehead atoms. The maximum atomic E-state index is 15.5. The lowest BCUT2D eigenvalue weighted by Gasteiger charge is -2.67. The lowest BCUT2D eigenvalue weighted by molar-refractivity contribution is -0.346. The zero-order valence-corrected chi connectivity index (χ0v) is 56.8. The molecule has 0 unspecified atom stereocenters. The quantitative estimate of drug-likeness (QED) is 0.0417. The van der Waals surface area contributed by atoms with Crippen LogP contribution in [-0.2, 0) is 49.4 Å². The van der Waals surface area contributed by atoms with E-state index in [0.29, 0.717) is 27.1 Å². The van der Waals surface area contributed by atoms with E-state index in [-0.39, 0.29) is 52.8 Å². The number of benzene rings is 4. The summed E-state index contributed by atoms with van der Waals surface area (Å²) in [6.07, 6.45) is -6.17. The predicted octanol–water partition coefficient (Wildman–Crippen LogP) is 6.97. The average Bonchev–Trinajstić information content (AvgIpc) is 1.17. The van der Waals surface area contributed by atoms with Gasteiger partial charge in [-0.15, -0.1) is 11.3 Å². The molecule has 4 aromatic heterocycles. The summed E-state index contributed by atoms with van der Waals surface area (Å²) in [5.74, 6) is -6.43. The third-order valence-electron chi connectivity index (χ3n) is 20.3. The number of aryl methyl sites for hydroxylation is 1. The Morgan fingerprint density at radius 3 is 2.11 bits per heavy atom. The van der Waals surface area contributed by atoms with Crippen LogP contribution in [0.15, 0.2) is 156 Å². The van der Waals surface area contributed by atoms with Crippen LogP contribution in [0.2, 0.25) is 0 Å². The number of Topliss-reactive ketones (excluding diaryl/α,β-unsaturated/α-hetero) is 1. The van der Waals surface area contributed by atoms with Crippen LogP contribution in [0.3, 0.4) is 0 Å². The Bertz CT molecular complexity index is 4550. The number of carbonyl (C=O) groups excluding carboxylic acids is 7. The molecule has 25 heteroatoms. The Morgan fingerprint density at radius 1 is 0.778 bits per heavy atom. The Morgan fingerprint density at radius 2 is 1.45 bits per heavy atom. The molecular weight excluding hydrogens is 1290 g/mol. The smallest absolute Gasteiger partial charge is 0.338 e. The van der Waals surface area contributed by atoms with Gasteiger partial charge in [-0.1, -0.05) is 92.7 Å². The number of aliphatic hydroxyl groups is 3. The van der Waals surface area contributed by atoms with Crippen LogP contribution in [0.1, 0.15) is 115 Å². The van der Waals surface area contributed by atoms with Crippen LogP contribution in [0.25, 0.3) is 26.1 Å². The summed E-state index contributed by atoms with van der Waals surface area (Å²) in [7, 11) is 2.13. The molecule has 5 aliphatic rings. The van der Waals surface area contributed by atoms with E-state index in [1.807, 2.05) is 47.7 Å². The van der Waals surface area contributed by atoms with Gasteiger partial charge in [0, 0.05) is 63.5 Å². The maximum absolute atomic E-state index is 15.5. The number of amides is 2. The summed E-state index contributed by atoms with van der Waals surface area (Å²) < 4.78 is 33.2. The van der Waals surface area contributed by atoms with Gasteiger partial charge in [0.1, 0.15) is 40.1 Å². The number of nitrogens with zero attached hydrogens (tertiary/aromatic N) is 6. The molecule has 24 nitrogen and oxygen atoms in total. The number of ether oxygens (including phenoxy) is 5. The van der Waals surface area contributed by atoms with Gasteiger partial charge < -0.3 is 59.4 Å². The lowest BCUT2D eigenvalue weighted by atomic mass is 9.44. The number of rotatable bonds is 14. The molecule has 2 saturated heterocycles. The first-order valence-electron chi connectivity index (χ1n) is 32.8. The third-order valence-corrected chi connectivity index (χ3v) is 21.4. The highest BCUT2D eigenvalue weighted by Gasteiger charge is 2.78. The first-order valence-corrected chi connectivity index (χ1v) is 33.6. The van der Waals surface area contributed by atoms with E-state index in [9.17, 15) is 48.9 Å². The van der Waals surface area contributed by atoms with Crippen LogP contribution in [-0.4, -0.2) is 169 Å². The van der Waals surface area contributed by atoms with E-state index < -0.39 is 119 Å². The Kier molecular flexibility index (Phi) is 19.3. The molecule has 4 aromatic carbocycles. The molecule has 0 radical (unpaired) electrons.